The first-order chi connectivity index (χ1) is 11.6. The average Bonchev–Trinajstić information content (AvgIpc) is 2.61. The molecule has 0 atom stereocenters. The van der Waals surface area contributed by atoms with E-state index in [1.807, 2.05) is 44.2 Å². The molecular weight excluding hydrogens is 340 g/mol. The second kappa shape index (κ2) is 9.01. The lowest BCUT2D eigenvalue weighted by molar-refractivity contribution is 0.445. The third-order valence-corrected chi connectivity index (χ3v) is 6.42. The molecule has 6 heteroatoms. The third kappa shape index (κ3) is 4.93. The Morgan fingerprint density at radius 2 is 1.79 bits per heavy atom. The van der Waals surface area contributed by atoms with Gasteiger partial charge in [0.1, 0.15) is 4.90 Å². The van der Waals surface area contributed by atoms with Crippen molar-refractivity contribution in [2.45, 2.75) is 23.8 Å². The minimum atomic E-state index is -3.43. The molecular formula is C18H22N2O2S2. The summed E-state index contributed by atoms with van der Waals surface area (Å²) in [5.74, 6) is 0.782. The molecule has 1 aromatic heterocycles. The van der Waals surface area contributed by atoms with E-state index >= 15 is 0 Å². The molecule has 1 heterocycles. The fourth-order valence-corrected chi connectivity index (χ4v) is 4.26. The van der Waals surface area contributed by atoms with Crippen LogP contribution in [0.25, 0.3) is 6.08 Å². The summed E-state index contributed by atoms with van der Waals surface area (Å²) >= 11 is 1.57. The number of sulfonamides is 1. The Morgan fingerprint density at radius 1 is 1.08 bits per heavy atom. The summed E-state index contributed by atoms with van der Waals surface area (Å²) in [4.78, 5) is 4.51. The van der Waals surface area contributed by atoms with E-state index in [2.05, 4.69) is 17.1 Å². The van der Waals surface area contributed by atoms with Crippen LogP contribution in [0, 0.1) is 0 Å². The highest BCUT2D eigenvalue weighted by atomic mass is 32.2. The van der Waals surface area contributed by atoms with E-state index in [1.54, 1.807) is 23.9 Å². The van der Waals surface area contributed by atoms with Gasteiger partial charge in [-0.05, 0) is 17.7 Å². The first-order valence-electron chi connectivity index (χ1n) is 7.88. The lowest BCUT2D eigenvalue weighted by atomic mass is 10.2. The van der Waals surface area contributed by atoms with Crippen LogP contribution in [-0.4, -0.2) is 36.5 Å². The maximum Gasteiger partial charge on any atom is 0.244 e. The molecule has 24 heavy (non-hydrogen) atoms. The van der Waals surface area contributed by atoms with Crippen molar-refractivity contribution in [3.63, 3.8) is 0 Å². The molecule has 0 bridgehead atoms. The van der Waals surface area contributed by atoms with Crippen molar-refractivity contribution in [3.8, 4) is 0 Å². The van der Waals surface area contributed by atoms with Crippen molar-refractivity contribution in [1.82, 2.24) is 9.29 Å². The zero-order chi connectivity index (χ0) is 17.4. The molecule has 0 spiro atoms. The lowest BCUT2D eigenvalue weighted by Gasteiger charge is -2.18. The van der Waals surface area contributed by atoms with Crippen LogP contribution >= 0.6 is 11.8 Å². The largest absolute Gasteiger partial charge is 0.249 e. The molecule has 4 nitrogen and oxygen atoms in total. The zero-order valence-electron chi connectivity index (χ0n) is 13.9. The molecule has 128 valence electrons. The van der Waals surface area contributed by atoms with E-state index in [0.29, 0.717) is 13.1 Å². The fraction of sp³-hybridized carbons (Fsp3) is 0.278. The first-order valence-corrected chi connectivity index (χ1v) is 10.3. The van der Waals surface area contributed by atoms with Crippen molar-refractivity contribution in [2.75, 3.05) is 18.8 Å². The van der Waals surface area contributed by atoms with Crippen LogP contribution in [0.5, 0.6) is 0 Å². The van der Waals surface area contributed by atoms with Crippen LogP contribution in [-0.2, 0) is 10.0 Å². The van der Waals surface area contributed by atoms with Gasteiger partial charge in [-0.2, -0.15) is 4.31 Å². The number of thioether (sulfide) groups is 1. The second-order valence-electron chi connectivity index (χ2n) is 5.05. The smallest absolute Gasteiger partial charge is 0.244 e. The van der Waals surface area contributed by atoms with E-state index < -0.39 is 10.0 Å². The SMILES string of the molecule is CCN(CC)S(=O)(=O)c1ccc(SC/C=C/c2ccccc2)nc1. The van der Waals surface area contributed by atoms with E-state index in [-0.39, 0.29) is 4.90 Å². The van der Waals surface area contributed by atoms with E-state index in [4.69, 9.17) is 0 Å². The van der Waals surface area contributed by atoms with Gasteiger partial charge in [0, 0.05) is 25.0 Å². The zero-order valence-corrected chi connectivity index (χ0v) is 15.6. The van der Waals surface area contributed by atoms with Crippen molar-refractivity contribution < 1.29 is 8.42 Å². The molecule has 0 radical (unpaired) electrons. The molecule has 2 rings (SSSR count). The molecule has 0 saturated heterocycles. The second-order valence-corrected chi connectivity index (χ2v) is 8.02. The summed E-state index contributed by atoms with van der Waals surface area (Å²) in [5.41, 5.74) is 1.16. The first kappa shape index (κ1) is 18.7. The highest BCUT2D eigenvalue weighted by Crippen LogP contribution is 2.20. The minimum Gasteiger partial charge on any atom is -0.249 e. The summed E-state index contributed by atoms with van der Waals surface area (Å²) in [6, 6.07) is 13.5. The van der Waals surface area contributed by atoms with Gasteiger partial charge in [0.2, 0.25) is 10.0 Å². The highest BCUT2D eigenvalue weighted by molar-refractivity contribution is 7.99. The van der Waals surface area contributed by atoms with Gasteiger partial charge in [-0.25, -0.2) is 13.4 Å². The predicted molar refractivity (Wildman–Crippen MR) is 101 cm³/mol. The van der Waals surface area contributed by atoms with Gasteiger partial charge < -0.3 is 0 Å². The Morgan fingerprint density at radius 3 is 2.38 bits per heavy atom. The molecule has 0 aliphatic rings. The molecule has 1 aromatic carbocycles. The molecule has 2 aromatic rings. The van der Waals surface area contributed by atoms with Gasteiger partial charge in [0.15, 0.2) is 0 Å². The number of rotatable bonds is 8. The predicted octanol–water partition coefficient (Wildman–Crippen LogP) is 3.92. The Balaban J connectivity index is 1.96. The maximum absolute atomic E-state index is 12.4. The summed E-state index contributed by atoms with van der Waals surface area (Å²) in [6.07, 6.45) is 5.57. The lowest BCUT2D eigenvalue weighted by Crippen LogP contribution is -2.30. The standard InChI is InChI=1S/C18H22N2O2S2/c1-3-20(4-2)24(21,22)17-12-13-18(19-15-17)23-14-8-11-16-9-6-5-7-10-16/h5-13,15H,3-4,14H2,1-2H3/b11-8+. The normalized spacial score (nSPS) is 12.1. The number of hydrogen-bond donors (Lipinski definition) is 0. The van der Waals surface area contributed by atoms with Crippen molar-refractivity contribution in [1.29, 1.82) is 0 Å². The van der Waals surface area contributed by atoms with Crippen LogP contribution in [0.1, 0.15) is 19.4 Å². The molecule has 0 saturated carbocycles. The Hall–Kier alpha value is -1.63. The van der Waals surface area contributed by atoms with Crippen LogP contribution in [0.15, 0.2) is 64.7 Å². The van der Waals surface area contributed by atoms with Crippen molar-refractivity contribution in [2.24, 2.45) is 0 Å². The van der Waals surface area contributed by atoms with E-state index in [0.717, 1.165) is 16.3 Å². The fourth-order valence-electron chi connectivity index (χ4n) is 2.20. The Kier molecular flexibility index (Phi) is 7.02. The quantitative estimate of drug-likeness (QED) is 0.668. The van der Waals surface area contributed by atoms with E-state index in [1.165, 1.54) is 10.5 Å². The Bertz CT molecular complexity index is 753. The van der Waals surface area contributed by atoms with E-state index in [9.17, 15) is 8.42 Å². The Labute approximate surface area is 148 Å². The van der Waals surface area contributed by atoms with Crippen molar-refractivity contribution >= 4 is 27.9 Å². The van der Waals surface area contributed by atoms with Gasteiger partial charge in [0.05, 0.1) is 5.03 Å². The highest BCUT2D eigenvalue weighted by Gasteiger charge is 2.21. The van der Waals surface area contributed by atoms with Gasteiger partial charge in [0.25, 0.3) is 0 Å². The van der Waals surface area contributed by atoms with Gasteiger partial charge in [-0.15, -0.1) is 11.8 Å². The minimum absolute atomic E-state index is 0.246. The molecule has 0 unspecified atom stereocenters. The van der Waals surface area contributed by atoms with Crippen molar-refractivity contribution in [3.05, 3.63) is 60.3 Å². The monoisotopic (exact) mass is 362 g/mol. The third-order valence-electron chi connectivity index (χ3n) is 3.49. The molecule has 0 fully saturated rings. The topological polar surface area (TPSA) is 50.3 Å². The van der Waals surface area contributed by atoms with Crippen LogP contribution < -0.4 is 0 Å². The maximum atomic E-state index is 12.4. The molecule has 0 amide bonds. The summed E-state index contributed by atoms with van der Waals surface area (Å²) < 4.78 is 26.2. The molecule has 0 N–H and O–H groups in total. The van der Waals surface area contributed by atoms with Gasteiger partial charge in [-0.3, -0.25) is 0 Å². The summed E-state index contributed by atoms with van der Waals surface area (Å²) in [6.45, 7) is 4.58. The number of aromatic nitrogens is 1. The van der Waals surface area contributed by atoms with Gasteiger partial charge >= 0.3 is 0 Å². The number of pyridine rings is 1. The summed E-state index contributed by atoms with van der Waals surface area (Å²) in [5, 5.41) is 0.811. The summed E-state index contributed by atoms with van der Waals surface area (Å²) in [7, 11) is -3.43. The average molecular weight is 363 g/mol. The molecule has 0 aliphatic carbocycles. The van der Waals surface area contributed by atoms with Crippen LogP contribution in [0.3, 0.4) is 0 Å². The number of benzene rings is 1. The van der Waals surface area contributed by atoms with Gasteiger partial charge in [-0.1, -0.05) is 56.3 Å². The van der Waals surface area contributed by atoms with Crippen LogP contribution in [0.4, 0.5) is 0 Å². The molecule has 0 aliphatic heterocycles. The number of hydrogen-bond acceptors (Lipinski definition) is 4. The number of nitrogens with zero attached hydrogens (tertiary/aromatic N) is 2. The van der Waals surface area contributed by atoms with Crippen LogP contribution in [0.2, 0.25) is 0 Å².